The number of hydrogen-bond acceptors (Lipinski definition) is 4. The first-order valence-corrected chi connectivity index (χ1v) is 12.6. The van der Waals surface area contributed by atoms with Crippen LogP contribution in [0.15, 0.2) is 48.5 Å². The van der Waals surface area contributed by atoms with Gasteiger partial charge in [-0.05, 0) is 53.9 Å². The highest BCUT2D eigenvalue weighted by Crippen LogP contribution is 2.44. The summed E-state index contributed by atoms with van der Waals surface area (Å²) < 4.78 is 5.64. The SMILES string of the molecule is CC[C@H](CC(=O)N1CCC(CCC(=O)O)CC1)NC(=O)OCC1c2ccccc2-c2ccccc21. The summed E-state index contributed by atoms with van der Waals surface area (Å²) in [5, 5.41) is 11.7. The molecule has 1 fully saturated rings. The van der Waals surface area contributed by atoms with Crippen LogP contribution >= 0.6 is 0 Å². The minimum Gasteiger partial charge on any atom is -0.481 e. The van der Waals surface area contributed by atoms with Crippen molar-refractivity contribution in [1.29, 1.82) is 0 Å². The lowest BCUT2D eigenvalue weighted by Gasteiger charge is -2.32. The summed E-state index contributed by atoms with van der Waals surface area (Å²) in [6, 6.07) is 16.1. The number of benzene rings is 2. The van der Waals surface area contributed by atoms with Gasteiger partial charge >= 0.3 is 12.1 Å². The first kappa shape index (κ1) is 24.8. The van der Waals surface area contributed by atoms with Gasteiger partial charge in [-0.1, -0.05) is 55.5 Å². The van der Waals surface area contributed by atoms with E-state index in [1.165, 1.54) is 11.1 Å². The van der Waals surface area contributed by atoms with E-state index in [4.69, 9.17) is 9.84 Å². The van der Waals surface area contributed by atoms with E-state index >= 15 is 0 Å². The van der Waals surface area contributed by atoms with E-state index in [2.05, 4.69) is 29.6 Å². The number of nitrogens with zero attached hydrogens (tertiary/aromatic N) is 1. The van der Waals surface area contributed by atoms with Crippen molar-refractivity contribution in [2.45, 2.75) is 57.4 Å². The molecule has 0 bridgehead atoms. The molecule has 2 N–H and O–H groups in total. The van der Waals surface area contributed by atoms with Crippen LogP contribution in [-0.2, 0) is 14.3 Å². The van der Waals surface area contributed by atoms with Crippen LogP contribution in [0.2, 0.25) is 0 Å². The van der Waals surface area contributed by atoms with Gasteiger partial charge in [-0.25, -0.2) is 4.79 Å². The molecule has 0 aromatic heterocycles. The molecule has 0 radical (unpaired) electrons. The molecular weight excluding hydrogens is 444 g/mol. The second-order valence-electron chi connectivity index (χ2n) is 9.54. The number of carboxylic acids is 1. The molecule has 2 aromatic carbocycles. The van der Waals surface area contributed by atoms with Crippen molar-refractivity contribution in [3.63, 3.8) is 0 Å². The van der Waals surface area contributed by atoms with Gasteiger partial charge in [0.05, 0.1) is 0 Å². The van der Waals surface area contributed by atoms with E-state index in [1.54, 1.807) is 0 Å². The molecule has 0 saturated carbocycles. The third-order valence-corrected chi connectivity index (χ3v) is 7.31. The highest BCUT2D eigenvalue weighted by atomic mass is 16.5. The number of rotatable bonds is 9. The molecule has 7 heteroatoms. The molecule has 1 aliphatic carbocycles. The summed E-state index contributed by atoms with van der Waals surface area (Å²) in [6.45, 7) is 3.48. The molecule has 35 heavy (non-hydrogen) atoms. The van der Waals surface area contributed by atoms with Crippen molar-refractivity contribution in [2.75, 3.05) is 19.7 Å². The largest absolute Gasteiger partial charge is 0.481 e. The van der Waals surface area contributed by atoms with Crippen molar-refractivity contribution >= 4 is 18.0 Å². The molecule has 2 aliphatic rings. The van der Waals surface area contributed by atoms with Gasteiger partial charge in [0.1, 0.15) is 6.61 Å². The van der Waals surface area contributed by atoms with Crippen LogP contribution in [0.25, 0.3) is 11.1 Å². The number of nitrogens with one attached hydrogen (secondary N) is 1. The molecule has 2 aromatic rings. The van der Waals surface area contributed by atoms with Crippen molar-refractivity contribution < 1.29 is 24.2 Å². The molecule has 7 nitrogen and oxygen atoms in total. The first-order valence-electron chi connectivity index (χ1n) is 12.6. The average molecular weight is 479 g/mol. The molecule has 1 saturated heterocycles. The molecule has 4 rings (SSSR count). The van der Waals surface area contributed by atoms with Crippen LogP contribution in [0.5, 0.6) is 0 Å². The third-order valence-electron chi connectivity index (χ3n) is 7.31. The van der Waals surface area contributed by atoms with E-state index < -0.39 is 12.1 Å². The Morgan fingerprint density at radius 3 is 2.20 bits per heavy atom. The monoisotopic (exact) mass is 478 g/mol. The molecule has 2 amide bonds. The molecule has 0 unspecified atom stereocenters. The number of hydrogen-bond donors (Lipinski definition) is 2. The van der Waals surface area contributed by atoms with Crippen LogP contribution in [0.4, 0.5) is 4.79 Å². The van der Waals surface area contributed by atoms with Gasteiger partial charge in [0.25, 0.3) is 0 Å². The summed E-state index contributed by atoms with van der Waals surface area (Å²) in [4.78, 5) is 38.0. The van der Waals surface area contributed by atoms with Gasteiger partial charge in [0.2, 0.25) is 5.91 Å². The zero-order chi connectivity index (χ0) is 24.8. The van der Waals surface area contributed by atoms with Gasteiger partial charge in [0.15, 0.2) is 0 Å². The predicted octanol–water partition coefficient (Wildman–Crippen LogP) is 4.80. The van der Waals surface area contributed by atoms with Crippen molar-refractivity contribution in [2.24, 2.45) is 5.92 Å². The number of aliphatic carboxylic acids is 1. The smallest absolute Gasteiger partial charge is 0.407 e. The zero-order valence-corrected chi connectivity index (χ0v) is 20.2. The Morgan fingerprint density at radius 1 is 1.03 bits per heavy atom. The number of ether oxygens (including phenoxy) is 1. The summed E-state index contributed by atoms with van der Waals surface area (Å²) >= 11 is 0. The lowest BCUT2D eigenvalue weighted by molar-refractivity contribution is -0.138. The predicted molar refractivity (Wildman–Crippen MR) is 133 cm³/mol. The number of alkyl carbamates (subject to hydrolysis) is 1. The number of amides is 2. The van der Waals surface area contributed by atoms with Gasteiger partial charge < -0.3 is 20.1 Å². The highest BCUT2D eigenvalue weighted by Gasteiger charge is 2.30. The fraction of sp³-hybridized carbons (Fsp3) is 0.464. The molecular formula is C28H34N2O5. The van der Waals surface area contributed by atoms with Crippen LogP contribution < -0.4 is 5.32 Å². The Bertz CT molecular complexity index is 1020. The standard InChI is InChI=1S/C28H34N2O5/c1-2-20(17-26(31)30-15-13-19(14-16-30)11-12-27(32)33)29-28(34)35-18-25-23-9-5-3-7-21(23)22-8-4-6-10-24(22)25/h3-10,19-20,25H,2,11-18H2,1H3,(H,29,34)(H,32,33)/t20-/m1/s1. The van der Waals surface area contributed by atoms with Gasteiger partial charge in [-0.3, -0.25) is 9.59 Å². The van der Waals surface area contributed by atoms with Crippen molar-refractivity contribution in [3.05, 3.63) is 59.7 Å². The van der Waals surface area contributed by atoms with Gasteiger partial charge in [-0.2, -0.15) is 0 Å². The quantitative estimate of drug-likeness (QED) is 0.540. The maximum atomic E-state index is 12.8. The van der Waals surface area contributed by atoms with Crippen LogP contribution in [0.3, 0.4) is 0 Å². The zero-order valence-electron chi connectivity index (χ0n) is 20.2. The Kier molecular flexibility index (Phi) is 8.06. The minimum atomic E-state index is -0.770. The summed E-state index contributed by atoms with van der Waals surface area (Å²) in [6.07, 6.45) is 2.87. The number of piperidine rings is 1. The van der Waals surface area contributed by atoms with E-state index in [9.17, 15) is 14.4 Å². The van der Waals surface area contributed by atoms with Crippen LogP contribution in [-0.4, -0.2) is 53.7 Å². The molecule has 0 spiro atoms. The van der Waals surface area contributed by atoms with Crippen molar-refractivity contribution in [1.82, 2.24) is 10.2 Å². The maximum absolute atomic E-state index is 12.8. The summed E-state index contributed by atoms with van der Waals surface area (Å²) in [5.74, 6) is -0.394. The number of likely N-dealkylation sites (tertiary alicyclic amines) is 1. The van der Waals surface area contributed by atoms with Crippen LogP contribution in [0, 0.1) is 5.92 Å². The molecule has 186 valence electrons. The van der Waals surface area contributed by atoms with E-state index in [1.807, 2.05) is 36.1 Å². The lowest BCUT2D eigenvalue weighted by Crippen LogP contribution is -2.43. The fourth-order valence-electron chi connectivity index (χ4n) is 5.24. The second-order valence-corrected chi connectivity index (χ2v) is 9.54. The highest BCUT2D eigenvalue weighted by molar-refractivity contribution is 5.79. The minimum absolute atomic E-state index is 0.00252. The number of carboxylic acid groups (broad SMARTS) is 1. The maximum Gasteiger partial charge on any atom is 0.407 e. The third kappa shape index (κ3) is 6.02. The Balaban J connectivity index is 1.26. The average Bonchev–Trinajstić information content (AvgIpc) is 3.19. The Hall–Kier alpha value is -3.35. The first-order chi connectivity index (χ1) is 17.0. The van der Waals surface area contributed by atoms with E-state index in [0.29, 0.717) is 31.8 Å². The molecule has 1 aliphatic heterocycles. The van der Waals surface area contributed by atoms with Crippen LogP contribution in [0.1, 0.15) is 62.5 Å². The van der Waals surface area contributed by atoms with E-state index in [0.717, 1.165) is 24.0 Å². The number of carbonyl (C=O) groups excluding carboxylic acids is 2. The normalized spacial score (nSPS) is 16.3. The fourth-order valence-corrected chi connectivity index (χ4v) is 5.24. The van der Waals surface area contributed by atoms with Gasteiger partial charge in [-0.15, -0.1) is 0 Å². The van der Waals surface area contributed by atoms with E-state index in [-0.39, 0.29) is 37.3 Å². The second kappa shape index (κ2) is 11.4. The summed E-state index contributed by atoms with van der Waals surface area (Å²) in [7, 11) is 0. The Morgan fingerprint density at radius 2 is 1.63 bits per heavy atom. The molecule has 1 atom stereocenters. The van der Waals surface area contributed by atoms with Gasteiger partial charge in [0, 0.05) is 37.9 Å². The molecule has 1 heterocycles. The number of fused-ring (bicyclic) bond motifs is 3. The van der Waals surface area contributed by atoms with Crippen molar-refractivity contribution in [3.8, 4) is 11.1 Å². The summed E-state index contributed by atoms with van der Waals surface area (Å²) in [5.41, 5.74) is 4.69. The lowest BCUT2D eigenvalue weighted by atomic mass is 9.92. The topological polar surface area (TPSA) is 95.9 Å². The number of carbonyl (C=O) groups is 3. The Labute approximate surface area is 206 Å².